The molecule has 0 radical (unpaired) electrons. The average molecular weight is 404 g/mol. The minimum atomic E-state index is -0.887. The van der Waals surface area contributed by atoms with E-state index in [-0.39, 0.29) is 11.9 Å². The molecule has 6 heteroatoms. The number of carbonyl (C=O) groups excluding carboxylic acids is 2. The predicted octanol–water partition coefficient (Wildman–Crippen LogP) is 2.78. The van der Waals surface area contributed by atoms with Gasteiger partial charge in [-0.15, -0.1) is 0 Å². The fourth-order valence-corrected chi connectivity index (χ4v) is 5.58. The van der Waals surface area contributed by atoms with Crippen molar-refractivity contribution >= 4 is 17.9 Å². The lowest BCUT2D eigenvalue weighted by Gasteiger charge is -2.39. The van der Waals surface area contributed by atoms with Crippen molar-refractivity contribution in [1.82, 2.24) is 4.90 Å². The largest absolute Gasteiger partial charge is 0.450 e. The Balaban J connectivity index is 1.18. The number of hydrogen-bond donors (Lipinski definition) is 0. The third-order valence-electron chi connectivity index (χ3n) is 7.18. The first-order valence-electron chi connectivity index (χ1n) is 10.8. The summed E-state index contributed by atoms with van der Waals surface area (Å²) in [7, 11) is 0. The Morgan fingerprint density at radius 3 is 2.57 bits per heavy atom. The highest BCUT2D eigenvalue weighted by atomic mass is 16.6. The fourth-order valence-electron chi connectivity index (χ4n) is 5.58. The molecule has 0 aromatic heterocycles. The van der Waals surface area contributed by atoms with E-state index < -0.39 is 11.2 Å². The van der Waals surface area contributed by atoms with Crippen molar-refractivity contribution in [1.29, 1.82) is 0 Å². The number of benzene rings is 1. The number of fused-ring (bicyclic) bond motifs is 3. The van der Waals surface area contributed by atoms with Crippen LogP contribution in [0.25, 0.3) is 0 Å². The molecule has 0 saturated carbocycles. The molecule has 5 aliphatic rings. The number of piperidine rings is 1. The second-order valence-electron chi connectivity index (χ2n) is 9.11. The molecule has 2 fully saturated rings. The van der Waals surface area contributed by atoms with Gasteiger partial charge in [-0.1, -0.05) is 35.9 Å². The molecule has 1 atom stereocenters. The van der Waals surface area contributed by atoms with Crippen molar-refractivity contribution in [3.63, 3.8) is 0 Å². The van der Waals surface area contributed by atoms with Crippen LogP contribution in [0.3, 0.4) is 0 Å². The van der Waals surface area contributed by atoms with Crippen molar-refractivity contribution in [3.8, 4) is 0 Å². The second-order valence-corrected chi connectivity index (χ2v) is 9.11. The molecular formula is C24H24N2O4. The van der Waals surface area contributed by atoms with E-state index >= 15 is 0 Å². The molecule has 2 aliphatic carbocycles. The number of esters is 1. The number of ether oxygens (including phenoxy) is 2. The zero-order valence-electron chi connectivity index (χ0n) is 17.1. The standard InChI is InChI=1S/C24H24N2O4/c1-15-6-7-16-13-24(14-17(16)12-15)21(28)25-22(30-24)26-10-8-23(9-11-26)19-5-3-2-4-18(19)20(27)29-23/h4-7,12H,2-3,8-11,13-14H2,1H3/t24-/m1/s1. The Kier molecular flexibility index (Phi) is 3.62. The van der Waals surface area contributed by atoms with Crippen molar-refractivity contribution in [3.05, 3.63) is 58.2 Å². The highest BCUT2D eigenvalue weighted by molar-refractivity contribution is 6.02. The monoisotopic (exact) mass is 404 g/mol. The van der Waals surface area contributed by atoms with Gasteiger partial charge in [0.15, 0.2) is 0 Å². The van der Waals surface area contributed by atoms with E-state index in [4.69, 9.17) is 9.47 Å². The minimum Gasteiger partial charge on any atom is -0.450 e. The number of amidine groups is 1. The Morgan fingerprint density at radius 2 is 1.73 bits per heavy atom. The van der Waals surface area contributed by atoms with Crippen LogP contribution in [-0.4, -0.2) is 47.1 Å². The summed E-state index contributed by atoms with van der Waals surface area (Å²) in [5.74, 6) is -0.379. The molecule has 6 nitrogen and oxygen atoms in total. The van der Waals surface area contributed by atoms with Gasteiger partial charge in [0.2, 0.25) is 5.60 Å². The van der Waals surface area contributed by atoms with Gasteiger partial charge in [-0.3, -0.25) is 4.79 Å². The SMILES string of the molecule is Cc1ccc2c(c1)C[C@@]1(C2)OC(N2CCC3(CC2)OC(=O)C2=CCCC=C23)=NC1=O. The fraction of sp³-hybridized carbons (Fsp3) is 0.458. The van der Waals surface area contributed by atoms with Gasteiger partial charge < -0.3 is 14.4 Å². The van der Waals surface area contributed by atoms with Crippen molar-refractivity contribution in [2.24, 2.45) is 4.99 Å². The summed E-state index contributed by atoms with van der Waals surface area (Å²) in [5, 5.41) is 0. The number of amides is 1. The topological polar surface area (TPSA) is 68.2 Å². The molecule has 6 rings (SSSR count). The zero-order chi connectivity index (χ0) is 20.5. The maximum absolute atomic E-state index is 12.9. The predicted molar refractivity (Wildman–Crippen MR) is 110 cm³/mol. The lowest BCUT2D eigenvalue weighted by atomic mass is 9.80. The minimum absolute atomic E-state index is 0.181. The summed E-state index contributed by atoms with van der Waals surface area (Å²) in [5.41, 5.74) is 3.93. The van der Waals surface area contributed by atoms with Gasteiger partial charge in [-0.25, -0.2) is 4.79 Å². The number of allylic oxidation sites excluding steroid dienone is 2. The number of likely N-dealkylation sites (tertiary alicyclic amines) is 1. The third-order valence-corrected chi connectivity index (χ3v) is 7.18. The van der Waals surface area contributed by atoms with Crippen molar-refractivity contribution in [2.75, 3.05) is 13.1 Å². The normalized spacial score (nSPS) is 28.7. The van der Waals surface area contributed by atoms with E-state index in [0.717, 1.165) is 24.0 Å². The third kappa shape index (κ3) is 2.45. The molecule has 1 aromatic carbocycles. The summed E-state index contributed by atoms with van der Waals surface area (Å²) >= 11 is 0. The molecule has 2 spiro atoms. The van der Waals surface area contributed by atoms with E-state index in [1.165, 1.54) is 16.7 Å². The Hall–Kier alpha value is -2.89. The zero-order valence-corrected chi connectivity index (χ0v) is 17.1. The number of aliphatic imine (C=N–C) groups is 1. The summed E-state index contributed by atoms with van der Waals surface area (Å²) < 4.78 is 12.1. The summed E-state index contributed by atoms with van der Waals surface area (Å²) in [6.07, 6.45) is 8.54. The van der Waals surface area contributed by atoms with Gasteiger partial charge >= 0.3 is 5.97 Å². The van der Waals surface area contributed by atoms with Gasteiger partial charge in [0.1, 0.15) is 5.60 Å². The molecule has 1 aromatic rings. The van der Waals surface area contributed by atoms with Crippen molar-refractivity contribution < 1.29 is 19.1 Å². The van der Waals surface area contributed by atoms with Gasteiger partial charge in [0.25, 0.3) is 11.9 Å². The highest BCUT2D eigenvalue weighted by Crippen LogP contribution is 2.46. The molecule has 0 unspecified atom stereocenters. The average Bonchev–Trinajstić information content (AvgIpc) is 3.35. The maximum atomic E-state index is 12.9. The van der Waals surface area contributed by atoms with Crippen LogP contribution >= 0.6 is 0 Å². The molecule has 0 N–H and O–H groups in total. The van der Waals surface area contributed by atoms with E-state index in [1.54, 1.807) is 0 Å². The van der Waals surface area contributed by atoms with E-state index in [9.17, 15) is 9.59 Å². The first-order chi connectivity index (χ1) is 14.5. The first kappa shape index (κ1) is 17.9. The molecule has 3 aliphatic heterocycles. The van der Waals surface area contributed by atoms with Crippen LogP contribution in [0.5, 0.6) is 0 Å². The smallest absolute Gasteiger partial charge is 0.339 e. The molecule has 3 heterocycles. The number of aryl methyl sites for hydroxylation is 1. The van der Waals surface area contributed by atoms with E-state index in [1.807, 2.05) is 11.0 Å². The summed E-state index contributed by atoms with van der Waals surface area (Å²) in [6.45, 7) is 3.35. The molecular weight excluding hydrogens is 380 g/mol. The molecule has 1 amide bonds. The summed E-state index contributed by atoms with van der Waals surface area (Å²) in [6, 6.07) is 6.74. The Bertz CT molecular complexity index is 1070. The lowest BCUT2D eigenvalue weighted by molar-refractivity contribution is -0.148. The summed E-state index contributed by atoms with van der Waals surface area (Å²) in [4.78, 5) is 31.5. The quantitative estimate of drug-likeness (QED) is 0.622. The van der Waals surface area contributed by atoms with Crippen LogP contribution in [0.1, 0.15) is 42.4 Å². The van der Waals surface area contributed by atoms with Crippen LogP contribution in [0.15, 0.2) is 46.5 Å². The maximum Gasteiger partial charge on any atom is 0.339 e. The van der Waals surface area contributed by atoms with Crippen LogP contribution in [-0.2, 0) is 31.9 Å². The molecule has 154 valence electrons. The number of hydrogen-bond acceptors (Lipinski definition) is 5. The lowest BCUT2D eigenvalue weighted by Crippen LogP contribution is -2.49. The van der Waals surface area contributed by atoms with Crippen molar-refractivity contribution in [2.45, 2.75) is 56.7 Å². The Morgan fingerprint density at radius 1 is 0.967 bits per heavy atom. The van der Waals surface area contributed by atoms with Crippen LogP contribution < -0.4 is 0 Å². The highest BCUT2D eigenvalue weighted by Gasteiger charge is 2.54. The molecule has 0 bridgehead atoms. The molecule has 2 saturated heterocycles. The number of rotatable bonds is 0. The number of nitrogens with zero attached hydrogens (tertiary/aromatic N) is 2. The van der Waals surface area contributed by atoms with Gasteiger partial charge in [-0.2, -0.15) is 4.99 Å². The van der Waals surface area contributed by atoms with Gasteiger partial charge in [0, 0.05) is 44.3 Å². The van der Waals surface area contributed by atoms with Crippen LogP contribution in [0, 0.1) is 6.92 Å². The molecule has 30 heavy (non-hydrogen) atoms. The number of carbonyl (C=O) groups is 2. The van der Waals surface area contributed by atoms with E-state index in [2.05, 4.69) is 36.2 Å². The van der Waals surface area contributed by atoms with Crippen LogP contribution in [0.2, 0.25) is 0 Å². The van der Waals surface area contributed by atoms with Gasteiger partial charge in [0.05, 0.1) is 5.57 Å². The van der Waals surface area contributed by atoms with E-state index in [0.29, 0.717) is 44.8 Å². The second kappa shape index (κ2) is 6.06. The Labute approximate surface area is 175 Å². The first-order valence-corrected chi connectivity index (χ1v) is 10.8. The van der Waals surface area contributed by atoms with Crippen LogP contribution in [0.4, 0.5) is 0 Å². The van der Waals surface area contributed by atoms with Gasteiger partial charge in [-0.05, 0) is 30.9 Å².